The fourth-order valence-corrected chi connectivity index (χ4v) is 6.37. The summed E-state index contributed by atoms with van der Waals surface area (Å²) < 4.78 is 0. The van der Waals surface area contributed by atoms with Crippen LogP contribution in [0.15, 0.2) is 48.5 Å². The number of rotatable bonds is 2. The second-order valence-corrected chi connectivity index (χ2v) is 8.68. The molecule has 25 heavy (non-hydrogen) atoms. The molecule has 0 unspecified atom stereocenters. The highest BCUT2D eigenvalue weighted by Gasteiger charge is 2.49. The van der Waals surface area contributed by atoms with Crippen molar-refractivity contribution in [2.24, 2.45) is 23.7 Å². The Morgan fingerprint density at radius 3 is 2.20 bits per heavy atom. The fourth-order valence-electron chi connectivity index (χ4n) is 6.37. The van der Waals surface area contributed by atoms with Crippen LogP contribution in [0.1, 0.15) is 43.8 Å². The number of nitrogens with one attached hydrogen (secondary N) is 1. The summed E-state index contributed by atoms with van der Waals surface area (Å²) in [6.45, 7) is 0. The molecule has 4 aliphatic rings. The summed E-state index contributed by atoms with van der Waals surface area (Å²) >= 11 is 0. The Labute approximate surface area is 148 Å². The largest absolute Gasteiger partial charge is 0.342 e. The molecule has 4 fully saturated rings. The average Bonchev–Trinajstić information content (AvgIpc) is 3.04. The number of nitrogens with zero attached hydrogens (tertiary/aromatic N) is 1. The first kappa shape index (κ1) is 14.1. The van der Waals surface area contributed by atoms with Crippen molar-refractivity contribution in [3.05, 3.63) is 54.4 Å². The van der Waals surface area contributed by atoms with E-state index in [-0.39, 0.29) is 0 Å². The molecule has 2 nitrogen and oxygen atoms in total. The maximum Gasteiger partial charge on any atom is 0.110 e. The predicted molar refractivity (Wildman–Crippen MR) is 101 cm³/mol. The monoisotopic (exact) mass is 328 g/mol. The van der Waals surface area contributed by atoms with Gasteiger partial charge >= 0.3 is 0 Å². The van der Waals surface area contributed by atoms with E-state index in [1.54, 1.807) is 0 Å². The number of H-pyrrole nitrogens is 1. The van der Waals surface area contributed by atoms with Crippen LogP contribution in [-0.4, -0.2) is 9.97 Å². The molecule has 0 atom stereocenters. The molecule has 1 N–H and O–H groups in total. The number of aromatic amines is 1. The van der Waals surface area contributed by atoms with Crippen molar-refractivity contribution in [2.45, 2.75) is 38.0 Å². The Hall–Kier alpha value is -2.09. The molecular weight excluding hydrogens is 304 g/mol. The number of aromatic nitrogens is 2. The molecule has 126 valence electrons. The maximum absolute atomic E-state index is 5.04. The molecule has 1 heterocycles. The van der Waals surface area contributed by atoms with Gasteiger partial charge in [-0.25, -0.2) is 4.98 Å². The van der Waals surface area contributed by atoms with Crippen LogP contribution in [0.25, 0.3) is 22.2 Å². The third kappa shape index (κ3) is 2.19. The van der Waals surface area contributed by atoms with Crippen LogP contribution in [0, 0.1) is 23.7 Å². The first-order valence-corrected chi connectivity index (χ1v) is 9.88. The molecule has 4 saturated carbocycles. The van der Waals surface area contributed by atoms with Crippen molar-refractivity contribution in [1.82, 2.24) is 9.97 Å². The number of fused-ring (bicyclic) bond motifs is 1. The lowest BCUT2D eigenvalue weighted by molar-refractivity contribution is -0.00528. The maximum atomic E-state index is 5.04. The van der Waals surface area contributed by atoms with Gasteiger partial charge < -0.3 is 4.98 Å². The van der Waals surface area contributed by atoms with E-state index < -0.39 is 0 Å². The van der Waals surface area contributed by atoms with Crippen molar-refractivity contribution in [1.29, 1.82) is 0 Å². The Bertz CT molecular complexity index is 896. The number of hydrogen-bond donors (Lipinski definition) is 1. The fraction of sp³-hybridized carbons (Fsp3) is 0.435. The minimum atomic E-state index is 0.681. The molecule has 3 aromatic rings. The lowest BCUT2D eigenvalue weighted by Crippen LogP contribution is -2.44. The Balaban J connectivity index is 1.39. The van der Waals surface area contributed by atoms with Gasteiger partial charge in [-0.1, -0.05) is 36.4 Å². The average molecular weight is 328 g/mol. The molecule has 0 spiro atoms. The van der Waals surface area contributed by atoms with Crippen LogP contribution in [0.4, 0.5) is 0 Å². The first-order valence-electron chi connectivity index (χ1n) is 9.88. The predicted octanol–water partition coefficient (Wildman–Crippen LogP) is 5.77. The Morgan fingerprint density at radius 1 is 0.760 bits per heavy atom. The summed E-state index contributed by atoms with van der Waals surface area (Å²) in [7, 11) is 0. The van der Waals surface area contributed by atoms with Crippen LogP contribution in [0.3, 0.4) is 0 Å². The molecule has 4 bridgehead atoms. The minimum absolute atomic E-state index is 0.681. The van der Waals surface area contributed by atoms with Crippen molar-refractivity contribution in [3.63, 3.8) is 0 Å². The van der Waals surface area contributed by atoms with Crippen molar-refractivity contribution >= 4 is 11.0 Å². The van der Waals surface area contributed by atoms with Gasteiger partial charge in [-0.05, 0) is 79.0 Å². The van der Waals surface area contributed by atoms with Gasteiger partial charge in [0.15, 0.2) is 0 Å². The zero-order valence-corrected chi connectivity index (χ0v) is 14.5. The van der Waals surface area contributed by atoms with Crippen LogP contribution in [0.2, 0.25) is 0 Å². The van der Waals surface area contributed by atoms with Crippen molar-refractivity contribution < 1.29 is 0 Å². The molecular formula is C23H24N2. The van der Waals surface area contributed by atoms with E-state index in [4.69, 9.17) is 4.98 Å². The highest BCUT2D eigenvalue weighted by Crippen LogP contribution is 2.59. The standard InChI is InChI=1S/C23H24N2/c1-2-4-16(5-3-1)17-6-7-20-21(13-17)25-23(24-20)22-18-9-14-8-15(11-18)12-19(22)10-14/h1-7,13-15,18-19,22H,8-12H2,(H,24,25). The normalized spacial score (nSPS) is 33.2. The van der Waals surface area contributed by atoms with Gasteiger partial charge in [0, 0.05) is 5.92 Å². The lowest BCUT2D eigenvalue weighted by atomic mass is 9.52. The zero-order chi connectivity index (χ0) is 16.4. The van der Waals surface area contributed by atoms with E-state index in [2.05, 4.69) is 53.5 Å². The number of imidazole rings is 1. The smallest absolute Gasteiger partial charge is 0.110 e. The highest BCUT2D eigenvalue weighted by atomic mass is 14.9. The third-order valence-corrected chi connectivity index (χ3v) is 7.15. The number of hydrogen-bond acceptors (Lipinski definition) is 1. The summed E-state index contributed by atoms with van der Waals surface area (Å²) in [6.07, 6.45) is 7.31. The Kier molecular flexibility index (Phi) is 2.94. The summed E-state index contributed by atoms with van der Waals surface area (Å²) in [5, 5.41) is 0. The van der Waals surface area contributed by atoms with E-state index in [0.717, 1.165) is 29.2 Å². The lowest BCUT2D eigenvalue weighted by Gasteiger charge is -2.53. The second-order valence-electron chi connectivity index (χ2n) is 8.68. The van der Waals surface area contributed by atoms with Crippen LogP contribution in [-0.2, 0) is 0 Å². The molecule has 1 aromatic heterocycles. The van der Waals surface area contributed by atoms with Crippen molar-refractivity contribution in [3.8, 4) is 11.1 Å². The van der Waals surface area contributed by atoms with Crippen LogP contribution >= 0.6 is 0 Å². The van der Waals surface area contributed by atoms with Gasteiger partial charge in [0.1, 0.15) is 5.82 Å². The molecule has 0 aliphatic heterocycles. The SMILES string of the molecule is c1ccc(-c2ccc3nc(C4C5CC6CC(C5)CC4C6)[nH]c3c2)cc1. The minimum Gasteiger partial charge on any atom is -0.342 e. The highest BCUT2D eigenvalue weighted by molar-refractivity contribution is 5.82. The van der Waals surface area contributed by atoms with Gasteiger partial charge in [0.05, 0.1) is 11.0 Å². The summed E-state index contributed by atoms with van der Waals surface area (Å²) in [4.78, 5) is 8.76. The van der Waals surface area contributed by atoms with Crippen LogP contribution in [0.5, 0.6) is 0 Å². The van der Waals surface area contributed by atoms with Gasteiger partial charge in [0.2, 0.25) is 0 Å². The van der Waals surface area contributed by atoms with E-state index in [9.17, 15) is 0 Å². The second kappa shape index (κ2) is 5.20. The van der Waals surface area contributed by atoms with Crippen LogP contribution < -0.4 is 0 Å². The van der Waals surface area contributed by atoms with Gasteiger partial charge in [-0.3, -0.25) is 0 Å². The van der Waals surface area contributed by atoms with E-state index >= 15 is 0 Å². The van der Waals surface area contributed by atoms with E-state index in [0.29, 0.717) is 5.92 Å². The Morgan fingerprint density at radius 2 is 1.48 bits per heavy atom. The van der Waals surface area contributed by atoms with Gasteiger partial charge in [-0.15, -0.1) is 0 Å². The van der Waals surface area contributed by atoms with E-state index in [1.807, 2.05) is 0 Å². The quantitative estimate of drug-likeness (QED) is 0.635. The summed E-state index contributed by atoms with van der Waals surface area (Å²) in [5.41, 5.74) is 4.87. The molecule has 2 aromatic carbocycles. The number of benzene rings is 2. The molecule has 0 amide bonds. The third-order valence-electron chi connectivity index (χ3n) is 7.15. The topological polar surface area (TPSA) is 28.7 Å². The zero-order valence-electron chi connectivity index (χ0n) is 14.5. The molecule has 0 radical (unpaired) electrons. The molecule has 4 aliphatic carbocycles. The van der Waals surface area contributed by atoms with Gasteiger partial charge in [-0.2, -0.15) is 0 Å². The molecule has 0 saturated heterocycles. The van der Waals surface area contributed by atoms with Gasteiger partial charge in [0.25, 0.3) is 0 Å². The molecule has 7 rings (SSSR count). The summed E-state index contributed by atoms with van der Waals surface area (Å²) in [5.74, 6) is 5.76. The summed E-state index contributed by atoms with van der Waals surface area (Å²) in [6, 6.07) is 17.3. The van der Waals surface area contributed by atoms with Crippen molar-refractivity contribution in [2.75, 3.05) is 0 Å². The molecule has 2 heteroatoms. The van der Waals surface area contributed by atoms with E-state index in [1.165, 1.54) is 54.6 Å². The first-order chi connectivity index (χ1) is 12.3.